The van der Waals surface area contributed by atoms with Crippen LogP contribution in [0.2, 0.25) is 0 Å². The van der Waals surface area contributed by atoms with Crippen molar-refractivity contribution in [2.24, 2.45) is 0 Å². The Kier molecular flexibility index (Phi) is 8.51. The summed E-state index contributed by atoms with van der Waals surface area (Å²) in [6.07, 6.45) is 0. The van der Waals surface area contributed by atoms with Gasteiger partial charge in [0.05, 0.1) is 13.2 Å². The van der Waals surface area contributed by atoms with Gasteiger partial charge in [-0.2, -0.15) is 0 Å². The molecule has 0 heterocycles. The molecule has 0 aliphatic rings. The van der Waals surface area contributed by atoms with Crippen LogP contribution < -0.4 is 10.6 Å². The van der Waals surface area contributed by atoms with E-state index in [9.17, 15) is 4.79 Å². The molecule has 2 N–H and O–H groups in total. The fraction of sp³-hybridized carbons (Fsp3) is 0.889. The molecule has 0 fully saturated rings. The molecule has 0 rings (SSSR count). The van der Waals surface area contributed by atoms with Crippen LogP contribution in [0, 0.1) is 0 Å². The normalized spacial score (nSPS) is 10.6. The van der Waals surface area contributed by atoms with E-state index < -0.39 is 0 Å². The minimum Gasteiger partial charge on any atom is -0.383 e. The highest BCUT2D eigenvalue weighted by Gasteiger charge is 2.00. The molecular weight excluding hydrogens is 182 g/mol. The third kappa shape index (κ3) is 9.44. The summed E-state index contributed by atoms with van der Waals surface area (Å²) in [5.74, 6) is 0.0588. The van der Waals surface area contributed by atoms with Gasteiger partial charge in [-0.15, -0.1) is 0 Å². The minimum atomic E-state index is 0.0588. The van der Waals surface area contributed by atoms with Gasteiger partial charge in [-0.1, -0.05) is 0 Å². The SMILES string of the molecule is COCCNCCNC(=O)CN(C)C. The van der Waals surface area contributed by atoms with Crippen LogP contribution in [0.4, 0.5) is 0 Å². The fourth-order valence-corrected chi connectivity index (χ4v) is 0.933. The molecule has 0 aromatic rings. The third-order valence-corrected chi connectivity index (χ3v) is 1.57. The largest absolute Gasteiger partial charge is 0.383 e. The summed E-state index contributed by atoms with van der Waals surface area (Å²) in [4.78, 5) is 13.0. The zero-order valence-electron chi connectivity index (χ0n) is 9.30. The lowest BCUT2D eigenvalue weighted by molar-refractivity contribution is -0.121. The molecule has 0 unspecified atom stereocenters. The first-order valence-corrected chi connectivity index (χ1v) is 4.78. The van der Waals surface area contributed by atoms with Crippen molar-refractivity contribution in [2.45, 2.75) is 0 Å². The average molecular weight is 203 g/mol. The smallest absolute Gasteiger partial charge is 0.234 e. The van der Waals surface area contributed by atoms with E-state index in [0.717, 1.165) is 13.1 Å². The number of rotatable bonds is 8. The van der Waals surface area contributed by atoms with Gasteiger partial charge in [-0.25, -0.2) is 0 Å². The summed E-state index contributed by atoms with van der Waals surface area (Å²) < 4.78 is 4.87. The number of methoxy groups -OCH3 is 1. The standard InChI is InChI=1S/C9H21N3O2/c1-12(2)8-9(13)11-5-4-10-6-7-14-3/h10H,4-8H2,1-3H3,(H,11,13). The van der Waals surface area contributed by atoms with E-state index in [-0.39, 0.29) is 5.91 Å². The quantitative estimate of drug-likeness (QED) is 0.492. The second-order valence-corrected chi connectivity index (χ2v) is 3.33. The van der Waals surface area contributed by atoms with Crippen LogP contribution in [0.1, 0.15) is 0 Å². The Morgan fingerprint density at radius 1 is 1.29 bits per heavy atom. The highest BCUT2D eigenvalue weighted by atomic mass is 16.5. The molecule has 0 saturated carbocycles. The number of carbonyl (C=O) groups is 1. The van der Waals surface area contributed by atoms with Crippen LogP contribution in [0.3, 0.4) is 0 Å². The Balaban J connectivity index is 3.15. The van der Waals surface area contributed by atoms with Crippen molar-refractivity contribution in [2.75, 3.05) is 54.0 Å². The van der Waals surface area contributed by atoms with Gasteiger partial charge in [0.2, 0.25) is 5.91 Å². The maximum absolute atomic E-state index is 11.1. The molecule has 0 aromatic heterocycles. The van der Waals surface area contributed by atoms with Crippen LogP contribution in [0.5, 0.6) is 0 Å². The van der Waals surface area contributed by atoms with Gasteiger partial charge >= 0.3 is 0 Å². The van der Waals surface area contributed by atoms with Crippen LogP contribution in [0.15, 0.2) is 0 Å². The van der Waals surface area contributed by atoms with E-state index >= 15 is 0 Å². The Morgan fingerprint density at radius 2 is 2.00 bits per heavy atom. The molecule has 5 heteroatoms. The summed E-state index contributed by atoms with van der Waals surface area (Å²) in [6.45, 7) is 3.41. The van der Waals surface area contributed by atoms with Crippen LogP contribution in [0.25, 0.3) is 0 Å². The lowest BCUT2D eigenvalue weighted by atomic mass is 10.5. The van der Waals surface area contributed by atoms with Gasteiger partial charge in [0.1, 0.15) is 0 Å². The van der Waals surface area contributed by atoms with Crippen molar-refractivity contribution in [3.63, 3.8) is 0 Å². The first-order chi connectivity index (χ1) is 6.66. The summed E-state index contributed by atoms with van der Waals surface area (Å²) in [6, 6.07) is 0. The number of hydrogen-bond acceptors (Lipinski definition) is 4. The monoisotopic (exact) mass is 203 g/mol. The van der Waals surface area contributed by atoms with Crippen LogP contribution in [-0.4, -0.2) is 64.8 Å². The van der Waals surface area contributed by atoms with Crippen molar-refractivity contribution in [3.05, 3.63) is 0 Å². The number of nitrogens with one attached hydrogen (secondary N) is 2. The lowest BCUT2D eigenvalue weighted by Crippen LogP contribution is -2.37. The molecule has 0 atom stereocenters. The second-order valence-electron chi connectivity index (χ2n) is 3.33. The minimum absolute atomic E-state index is 0.0588. The van der Waals surface area contributed by atoms with Gasteiger partial charge in [-0.05, 0) is 14.1 Å². The van der Waals surface area contributed by atoms with Gasteiger partial charge in [0.25, 0.3) is 0 Å². The van der Waals surface area contributed by atoms with Gasteiger partial charge < -0.3 is 20.3 Å². The van der Waals surface area contributed by atoms with Crippen LogP contribution >= 0.6 is 0 Å². The maximum atomic E-state index is 11.1. The van der Waals surface area contributed by atoms with Gasteiger partial charge in [0, 0.05) is 26.7 Å². The molecule has 5 nitrogen and oxygen atoms in total. The first-order valence-electron chi connectivity index (χ1n) is 4.78. The summed E-state index contributed by atoms with van der Waals surface area (Å²) in [5, 5.41) is 5.95. The van der Waals surface area contributed by atoms with Crippen LogP contribution in [-0.2, 0) is 9.53 Å². The highest BCUT2D eigenvalue weighted by Crippen LogP contribution is 1.73. The van der Waals surface area contributed by atoms with Crippen molar-refractivity contribution >= 4 is 5.91 Å². The van der Waals surface area contributed by atoms with Crippen molar-refractivity contribution in [1.82, 2.24) is 15.5 Å². The van der Waals surface area contributed by atoms with E-state index in [1.165, 1.54) is 0 Å². The van der Waals surface area contributed by atoms with E-state index in [2.05, 4.69) is 10.6 Å². The number of ether oxygens (including phenoxy) is 1. The molecule has 0 radical (unpaired) electrons. The predicted octanol–water partition coefficient (Wildman–Crippen LogP) is -1.10. The third-order valence-electron chi connectivity index (χ3n) is 1.57. The lowest BCUT2D eigenvalue weighted by Gasteiger charge is -2.10. The Hall–Kier alpha value is -0.650. The van der Waals surface area contributed by atoms with E-state index in [1.807, 2.05) is 19.0 Å². The van der Waals surface area contributed by atoms with Gasteiger partial charge in [-0.3, -0.25) is 4.79 Å². The zero-order valence-corrected chi connectivity index (χ0v) is 9.30. The molecule has 0 aliphatic carbocycles. The molecule has 14 heavy (non-hydrogen) atoms. The molecule has 0 aliphatic heterocycles. The molecule has 0 saturated heterocycles. The summed E-state index contributed by atoms with van der Waals surface area (Å²) >= 11 is 0. The number of likely N-dealkylation sites (N-methyl/N-ethyl adjacent to an activating group) is 1. The van der Waals surface area contributed by atoms with Crippen molar-refractivity contribution in [3.8, 4) is 0 Å². The summed E-state index contributed by atoms with van der Waals surface area (Å²) in [5.41, 5.74) is 0. The highest BCUT2D eigenvalue weighted by molar-refractivity contribution is 5.77. The van der Waals surface area contributed by atoms with E-state index in [1.54, 1.807) is 7.11 Å². The van der Waals surface area contributed by atoms with E-state index in [0.29, 0.717) is 19.7 Å². The number of nitrogens with zero attached hydrogens (tertiary/aromatic N) is 1. The fourth-order valence-electron chi connectivity index (χ4n) is 0.933. The zero-order chi connectivity index (χ0) is 10.8. The topological polar surface area (TPSA) is 53.6 Å². The van der Waals surface area contributed by atoms with Crippen molar-refractivity contribution < 1.29 is 9.53 Å². The number of carbonyl (C=O) groups excluding carboxylic acids is 1. The first kappa shape index (κ1) is 13.4. The molecule has 0 spiro atoms. The molecule has 84 valence electrons. The average Bonchev–Trinajstić information content (AvgIpc) is 2.10. The maximum Gasteiger partial charge on any atom is 0.234 e. The molecule has 1 amide bonds. The van der Waals surface area contributed by atoms with Crippen molar-refractivity contribution in [1.29, 1.82) is 0 Å². The molecule has 0 aromatic carbocycles. The predicted molar refractivity (Wildman–Crippen MR) is 56.3 cm³/mol. The van der Waals surface area contributed by atoms with E-state index in [4.69, 9.17) is 4.74 Å². The van der Waals surface area contributed by atoms with Gasteiger partial charge in [0.15, 0.2) is 0 Å². The molecular formula is C9H21N3O2. The Labute approximate surface area is 85.8 Å². The summed E-state index contributed by atoms with van der Waals surface area (Å²) in [7, 11) is 5.41. The Morgan fingerprint density at radius 3 is 2.57 bits per heavy atom. The Bertz CT molecular complexity index is 151. The molecule has 0 bridgehead atoms. The number of hydrogen-bond donors (Lipinski definition) is 2. The number of amides is 1. The second kappa shape index (κ2) is 8.93.